The molecule has 0 spiro atoms. The Kier molecular flexibility index (Phi) is 5.09. The highest BCUT2D eigenvalue weighted by Crippen LogP contribution is 2.24. The van der Waals surface area contributed by atoms with Gasteiger partial charge in [-0.2, -0.15) is 0 Å². The molecule has 0 saturated heterocycles. The van der Waals surface area contributed by atoms with Crippen molar-refractivity contribution in [3.8, 4) is 5.75 Å². The first kappa shape index (κ1) is 14.5. The smallest absolute Gasteiger partial charge is 0.119 e. The van der Waals surface area contributed by atoms with Crippen molar-refractivity contribution in [3.63, 3.8) is 0 Å². The number of rotatable bonds is 7. The lowest BCUT2D eigenvalue weighted by atomic mass is 10.0. The molecule has 0 fully saturated rings. The minimum absolute atomic E-state index is 0.156. The van der Waals surface area contributed by atoms with E-state index in [4.69, 9.17) is 10.6 Å². The molecule has 6 heteroatoms. The average Bonchev–Trinajstić information content (AvgIpc) is 2.89. The van der Waals surface area contributed by atoms with Crippen LogP contribution in [-0.2, 0) is 6.54 Å². The predicted molar refractivity (Wildman–Crippen MR) is 77.1 cm³/mol. The van der Waals surface area contributed by atoms with Gasteiger partial charge in [0.15, 0.2) is 0 Å². The number of nitrogens with one attached hydrogen (secondary N) is 1. The maximum absolute atomic E-state index is 5.73. The number of nitrogens with zero attached hydrogens (tertiary/aromatic N) is 3. The van der Waals surface area contributed by atoms with E-state index < -0.39 is 0 Å². The van der Waals surface area contributed by atoms with Crippen LogP contribution in [0.1, 0.15) is 37.6 Å². The number of ether oxygens (including phenoxy) is 1. The predicted octanol–water partition coefficient (Wildman–Crippen LogP) is 1.64. The zero-order chi connectivity index (χ0) is 14.4. The summed E-state index contributed by atoms with van der Waals surface area (Å²) in [7, 11) is 0. The van der Waals surface area contributed by atoms with Crippen LogP contribution >= 0.6 is 0 Å². The van der Waals surface area contributed by atoms with Gasteiger partial charge in [0, 0.05) is 6.54 Å². The van der Waals surface area contributed by atoms with E-state index in [0.717, 1.165) is 30.0 Å². The first-order chi connectivity index (χ1) is 9.80. The van der Waals surface area contributed by atoms with Crippen molar-refractivity contribution in [1.82, 2.24) is 20.4 Å². The largest absolute Gasteiger partial charge is 0.494 e. The average molecular weight is 275 g/mol. The van der Waals surface area contributed by atoms with Crippen LogP contribution < -0.4 is 16.0 Å². The van der Waals surface area contributed by atoms with Gasteiger partial charge in [0.2, 0.25) is 0 Å². The van der Waals surface area contributed by atoms with Crippen LogP contribution in [-0.4, -0.2) is 21.6 Å². The molecule has 0 amide bonds. The highest BCUT2D eigenvalue weighted by molar-refractivity contribution is 5.34. The van der Waals surface area contributed by atoms with Crippen molar-refractivity contribution >= 4 is 0 Å². The van der Waals surface area contributed by atoms with Crippen molar-refractivity contribution in [2.75, 3.05) is 6.61 Å². The number of aryl methyl sites for hydroxylation is 1. The van der Waals surface area contributed by atoms with E-state index in [9.17, 15) is 0 Å². The summed E-state index contributed by atoms with van der Waals surface area (Å²) in [5, 5.41) is 8.08. The minimum atomic E-state index is -0.156. The second-order valence-corrected chi connectivity index (χ2v) is 4.49. The first-order valence-corrected chi connectivity index (χ1v) is 6.87. The van der Waals surface area contributed by atoms with Crippen LogP contribution in [0.2, 0.25) is 0 Å². The molecule has 1 aromatic carbocycles. The van der Waals surface area contributed by atoms with Gasteiger partial charge in [0.05, 0.1) is 24.5 Å². The van der Waals surface area contributed by atoms with Crippen LogP contribution in [0.5, 0.6) is 5.75 Å². The number of nitrogens with two attached hydrogens (primary N) is 1. The molecule has 1 unspecified atom stereocenters. The normalized spacial score (nSPS) is 12.3. The van der Waals surface area contributed by atoms with Gasteiger partial charge >= 0.3 is 0 Å². The molecule has 20 heavy (non-hydrogen) atoms. The minimum Gasteiger partial charge on any atom is -0.494 e. The number of hydrogen-bond acceptors (Lipinski definition) is 5. The molecule has 0 aliphatic heterocycles. The van der Waals surface area contributed by atoms with Crippen molar-refractivity contribution in [1.29, 1.82) is 0 Å². The third-order valence-corrected chi connectivity index (χ3v) is 3.05. The molecule has 1 atom stereocenters. The molecule has 6 nitrogen and oxygen atoms in total. The SMILES string of the molecule is CCCn1nncc1C(NN)c1cccc(OCC)c1. The van der Waals surface area contributed by atoms with Crippen molar-refractivity contribution in [2.45, 2.75) is 32.9 Å². The van der Waals surface area contributed by atoms with Crippen molar-refractivity contribution in [2.24, 2.45) is 5.84 Å². The Balaban J connectivity index is 2.31. The lowest BCUT2D eigenvalue weighted by Gasteiger charge is -2.18. The summed E-state index contributed by atoms with van der Waals surface area (Å²) in [5.41, 5.74) is 4.81. The molecule has 108 valence electrons. The molecule has 0 aliphatic rings. The molecule has 0 aliphatic carbocycles. The molecule has 0 radical (unpaired) electrons. The van der Waals surface area contributed by atoms with E-state index in [1.165, 1.54) is 0 Å². The van der Waals surface area contributed by atoms with Gasteiger partial charge < -0.3 is 4.74 Å². The Hall–Kier alpha value is -1.92. The maximum Gasteiger partial charge on any atom is 0.119 e. The number of benzene rings is 1. The summed E-state index contributed by atoms with van der Waals surface area (Å²) in [5.74, 6) is 6.56. The fraction of sp³-hybridized carbons (Fsp3) is 0.429. The zero-order valence-electron chi connectivity index (χ0n) is 11.9. The Morgan fingerprint density at radius 2 is 2.25 bits per heavy atom. The topological polar surface area (TPSA) is 78.0 Å². The van der Waals surface area contributed by atoms with Gasteiger partial charge in [0.1, 0.15) is 5.75 Å². The summed E-state index contributed by atoms with van der Waals surface area (Å²) in [6.07, 6.45) is 2.74. The number of hydrogen-bond donors (Lipinski definition) is 2. The van der Waals surface area contributed by atoms with Crippen LogP contribution in [0, 0.1) is 0 Å². The zero-order valence-corrected chi connectivity index (χ0v) is 11.9. The van der Waals surface area contributed by atoms with Gasteiger partial charge in [-0.1, -0.05) is 24.3 Å². The molecule has 0 saturated carbocycles. The first-order valence-electron chi connectivity index (χ1n) is 6.87. The summed E-state index contributed by atoms with van der Waals surface area (Å²) in [4.78, 5) is 0. The summed E-state index contributed by atoms with van der Waals surface area (Å²) < 4.78 is 7.40. The lowest BCUT2D eigenvalue weighted by molar-refractivity contribution is 0.339. The molecule has 1 aromatic heterocycles. The van der Waals surface area contributed by atoms with Crippen LogP contribution in [0.15, 0.2) is 30.5 Å². The molecule has 1 heterocycles. The standard InChI is InChI=1S/C14H21N5O/c1-3-8-19-13(10-16-18-19)14(17-15)11-6-5-7-12(9-11)20-4-2/h5-7,9-10,14,17H,3-4,8,15H2,1-2H3. The maximum atomic E-state index is 5.73. The Morgan fingerprint density at radius 3 is 2.95 bits per heavy atom. The molecular formula is C14H21N5O. The van der Waals surface area contributed by atoms with Crippen molar-refractivity contribution in [3.05, 3.63) is 41.7 Å². The summed E-state index contributed by atoms with van der Waals surface area (Å²) >= 11 is 0. The van der Waals surface area contributed by atoms with Crippen molar-refractivity contribution < 1.29 is 4.74 Å². The Labute approximate surface area is 118 Å². The van der Waals surface area contributed by atoms with E-state index in [1.807, 2.05) is 35.9 Å². The van der Waals surface area contributed by atoms with Crippen LogP contribution in [0.3, 0.4) is 0 Å². The Bertz CT molecular complexity index is 540. The summed E-state index contributed by atoms with van der Waals surface area (Å²) in [6, 6.07) is 7.73. The highest BCUT2D eigenvalue weighted by Gasteiger charge is 2.18. The van der Waals surface area contributed by atoms with Crippen LogP contribution in [0.4, 0.5) is 0 Å². The third-order valence-electron chi connectivity index (χ3n) is 3.05. The Morgan fingerprint density at radius 1 is 1.40 bits per heavy atom. The van der Waals surface area contributed by atoms with Gasteiger partial charge in [-0.15, -0.1) is 5.10 Å². The number of hydrazine groups is 1. The molecule has 2 aromatic rings. The van der Waals surface area contributed by atoms with Gasteiger partial charge in [-0.05, 0) is 31.0 Å². The van der Waals surface area contributed by atoms with Gasteiger partial charge in [0.25, 0.3) is 0 Å². The van der Waals surface area contributed by atoms with E-state index in [2.05, 4.69) is 22.7 Å². The third kappa shape index (κ3) is 3.15. The van der Waals surface area contributed by atoms with E-state index in [0.29, 0.717) is 6.61 Å². The fourth-order valence-electron chi connectivity index (χ4n) is 2.18. The molecule has 3 N–H and O–H groups in total. The van der Waals surface area contributed by atoms with Gasteiger partial charge in [-0.3, -0.25) is 5.84 Å². The lowest BCUT2D eigenvalue weighted by Crippen LogP contribution is -2.30. The van der Waals surface area contributed by atoms with E-state index in [-0.39, 0.29) is 6.04 Å². The highest BCUT2D eigenvalue weighted by atomic mass is 16.5. The monoisotopic (exact) mass is 275 g/mol. The number of aromatic nitrogens is 3. The summed E-state index contributed by atoms with van der Waals surface area (Å²) in [6.45, 7) is 5.52. The second kappa shape index (κ2) is 7.02. The molecule has 2 rings (SSSR count). The van der Waals surface area contributed by atoms with E-state index in [1.54, 1.807) is 6.20 Å². The van der Waals surface area contributed by atoms with E-state index >= 15 is 0 Å². The van der Waals surface area contributed by atoms with Gasteiger partial charge in [-0.25, -0.2) is 10.1 Å². The quantitative estimate of drug-likeness (QED) is 0.593. The molecular weight excluding hydrogens is 254 g/mol. The fourth-order valence-corrected chi connectivity index (χ4v) is 2.18. The molecule has 0 bridgehead atoms. The van der Waals surface area contributed by atoms with Crippen LogP contribution in [0.25, 0.3) is 0 Å². The second-order valence-electron chi connectivity index (χ2n) is 4.49.